The van der Waals surface area contributed by atoms with Crippen molar-refractivity contribution in [3.63, 3.8) is 0 Å². The van der Waals surface area contributed by atoms with E-state index in [2.05, 4.69) is 54.0 Å². The molecule has 0 aliphatic carbocycles. The smallest absolute Gasteiger partial charge is 0.0148 e. The highest BCUT2D eigenvalue weighted by molar-refractivity contribution is 9.09. The average Bonchev–Trinajstić information content (AvgIpc) is 2.15. The van der Waals surface area contributed by atoms with Gasteiger partial charge in [-0.1, -0.05) is 59.1 Å². The van der Waals surface area contributed by atoms with Gasteiger partial charge in [-0.2, -0.15) is 0 Å². The summed E-state index contributed by atoms with van der Waals surface area (Å²) in [6, 6.07) is 8.80. The zero-order chi connectivity index (χ0) is 10.4. The van der Waals surface area contributed by atoms with Crippen LogP contribution >= 0.6 is 15.9 Å². The Balaban J connectivity index is 2.37. The van der Waals surface area contributed by atoms with Crippen LogP contribution in [0.2, 0.25) is 0 Å². The van der Waals surface area contributed by atoms with Crippen molar-refractivity contribution in [2.45, 2.75) is 44.4 Å². The summed E-state index contributed by atoms with van der Waals surface area (Å²) >= 11 is 3.71. The highest BCUT2D eigenvalue weighted by Crippen LogP contribution is 2.16. The van der Waals surface area contributed by atoms with Gasteiger partial charge in [-0.25, -0.2) is 0 Å². The van der Waals surface area contributed by atoms with Crippen molar-refractivity contribution in [1.29, 1.82) is 0 Å². The van der Waals surface area contributed by atoms with Crippen LogP contribution in [0.4, 0.5) is 0 Å². The van der Waals surface area contributed by atoms with E-state index in [4.69, 9.17) is 0 Å². The standard InChI is InChI=1S/C13H19Br/c1-3-5-13(14)9-8-12-7-4-6-11(2)10-12/h4,6-7,10,13H,3,5,8-9H2,1-2H3. The second kappa shape index (κ2) is 6.23. The zero-order valence-corrected chi connectivity index (χ0v) is 10.7. The summed E-state index contributed by atoms with van der Waals surface area (Å²) < 4.78 is 0. The summed E-state index contributed by atoms with van der Waals surface area (Å²) in [7, 11) is 0. The summed E-state index contributed by atoms with van der Waals surface area (Å²) in [6.07, 6.45) is 4.99. The van der Waals surface area contributed by atoms with Crippen molar-refractivity contribution in [3.05, 3.63) is 35.4 Å². The number of aryl methyl sites for hydroxylation is 2. The lowest BCUT2D eigenvalue weighted by Crippen LogP contribution is -1.99. The van der Waals surface area contributed by atoms with E-state index in [0.717, 1.165) is 0 Å². The van der Waals surface area contributed by atoms with Gasteiger partial charge in [0.2, 0.25) is 0 Å². The van der Waals surface area contributed by atoms with Crippen LogP contribution in [0.5, 0.6) is 0 Å². The van der Waals surface area contributed by atoms with Crippen LogP contribution in [0, 0.1) is 6.92 Å². The third-order valence-electron chi connectivity index (χ3n) is 2.43. The molecule has 0 aromatic heterocycles. The highest BCUT2D eigenvalue weighted by Gasteiger charge is 2.02. The quantitative estimate of drug-likeness (QED) is 0.680. The van der Waals surface area contributed by atoms with Crippen LogP contribution in [-0.2, 0) is 6.42 Å². The molecule has 0 saturated carbocycles. The molecule has 0 aliphatic rings. The second-order valence-corrected chi connectivity index (χ2v) is 5.21. The van der Waals surface area contributed by atoms with Crippen LogP contribution in [-0.4, -0.2) is 4.83 Å². The van der Waals surface area contributed by atoms with Crippen molar-refractivity contribution in [2.24, 2.45) is 0 Å². The number of benzene rings is 1. The molecule has 78 valence electrons. The molecule has 1 aromatic rings. The van der Waals surface area contributed by atoms with E-state index < -0.39 is 0 Å². The van der Waals surface area contributed by atoms with Crippen LogP contribution < -0.4 is 0 Å². The van der Waals surface area contributed by atoms with Gasteiger partial charge in [0.1, 0.15) is 0 Å². The maximum absolute atomic E-state index is 3.71. The van der Waals surface area contributed by atoms with Crippen LogP contribution in [0.1, 0.15) is 37.3 Å². The number of hydrogen-bond donors (Lipinski definition) is 0. The molecule has 1 rings (SSSR count). The van der Waals surface area contributed by atoms with Gasteiger partial charge in [0.05, 0.1) is 0 Å². The van der Waals surface area contributed by atoms with E-state index in [0.29, 0.717) is 4.83 Å². The number of rotatable bonds is 5. The third kappa shape index (κ3) is 4.28. The first kappa shape index (κ1) is 11.8. The van der Waals surface area contributed by atoms with Gasteiger partial charge >= 0.3 is 0 Å². The maximum atomic E-state index is 3.71. The molecule has 1 unspecified atom stereocenters. The molecule has 1 atom stereocenters. The Hall–Kier alpha value is -0.300. The van der Waals surface area contributed by atoms with Gasteiger partial charge in [-0.05, 0) is 31.7 Å². The lowest BCUT2D eigenvalue weighted by atomic mass is 10.0. The molecule has 1 aromatic carbocycles. The minimum atomic E-state index is 0.688. The molecule has 0 spiro atoms. The average molecular weight is 255 g/mol. The van der Waals surface area contributed by atoms with E-state index in [1.54, 1.807) is 0 Å². The maximum Gasteiger partial charge on any atom is 0.0148 e. The zero-order valence-electron chi connectivity index (χ0n) is 9.09. The highest BCUT2D eigenvalue weighted by atomic mass is 79.9. The Morgan fingerprint density at radius 2 is 2.07 bits per heavy atom. The Bertz CT molecular complexity index is 268. The van der Waals surface area contributed by atoms with Gasteiger partial charge in [-0.15, -0.1) is 0 Å². The molecule has 14 heavy (non-hydrogen) atoms. The minimum absolute atomic E-state index is 0.688. The third-order valence-corrected chi connectivity index (χ3v) is 3.35. The Kier molecular flexibility index (Phi) is 5.24. The fourth-order valence-corrected chi connectivity index (χ4v) is 2.34. The van der Waals surface area contributed by atoms with Crippen molar-refractivity contribution in [2.75, 3.05) is 0 Å². The first-order valence-corrected chi connectivity index (χ1v) is 6.33. The molecule has 0 N–H and O–H groups in total. The predicted octanol–water partition coefficient (Wildman–Crippen LogP) is 4.49. The molecule has 0 amide bonds. The summed E-state index contributed by atoms with van der Waals surface area (Å²) in [5.74, 6) is 0. The summed E-state index contributed by atoms with van der Waals surface area (Å²) in [6.45, 7) is 4.39. The second-order valence-electron chi connectivity index (χ2n) is 3.91. The molecule has 1 heteroatoms. The van der Waals surface area contributed by atoms with Gasteiger partial charge < -0.3 is 0 Å². The van der Waals surface area contributed by atoms with Crippen molar-refractivity contribution < 1.29 is 0 Å². The molecule has 0 heterocycles. The summed E-state index contributed by atoms with van der Waals surface area (Å²) in [5.41, 5.74) is 2.83. The topological polar surface area (TPSA) is 0 Å². The van der Waals surface area contributed by atoms with Crippen molar-refractivity contribution in [1.82, 2.24) is 0 Å². The van der Waals surface area contributed by atoms with Crippen LogP contribution in [0.25, 0.3) is 0 Å². The van der Waals surface area contributed by atoms with E-state index in [-0.39, 0.29) is 0 Å². The van der Waals surface area contributed by atoms with E-state index >= 15 is 0 Å². The largest absolute Gasteiger partial charge is 0.0891 e. The number of hydrogen-bond acceptors (Lipinski definition) is 0. The first-order valence-electron chi connectivity index (χ1n) is 5.42. The van der Waals surface area contributed by atoms with Gasteiger partial charge in [0, 0.05) is 4.83 Å². The van der Waals surface area contributed by atoms with Gasteiger partial charge in [-0.3, -0.25) is 0 Å². The van der Waals surface area contributed by atoms with Crippen LogP contribution in [0.15, 0.2) is 24.3 Å². The van der Waals surface area contributed by atoms with Crippen LogP contribution in [0.3, 0.4) is 0 Å². The van der Waals surface area contributed by atoms with E-state index in [9.17, 15) is 0 Å². The summed E-state index contributed by atoms with van der Waals surface area (Å²) in [5, 5.41) is 0. The molecule has 0 radical (unpaired) electrons. The first-order chi connectivity index (χ1) is 6.72. The monoisotopic (exact) mass is 254 g/mol. The number of halogens is 1. The molecular weight excluding hydrogens is 236 g/mol. The molecule has 0 aliphatic heterocycles. The summed E-state index contributed by atoms with van der Waals surface area (Å²) in [4.78, 5) is 0.688. The fraction of sp³-hybridized carbons (Fsp3) is 0.538. The molecule has 0 bridgehead atoms. The molecule has 0 nitrogen and oxygen atoms in total. The molecular formula is C13H19Br. The van der Waals surface area contributed by atoms with Gasteiger partial charge in [0.25, 0.3) is 0 Å². The predicted molar refractivity (Wildman–Crippen MR) is 67.1 cm³/mol. The molecule has 0 saturated heterocycles. The fourth-order valence-electron chi connectivity index (χ4n) is 1.65. The SMILES string of the molecule is CCCC(Br)CCc1cccc(C)c1. The molecule has 0 fully saturated rings. The number of alkyl halides is 1. The van der Waals surface area contributed by atoms with Gasteiger partial charge in [0.15, 0.2) is 0 Å². The van der Waals surface area contributed by atoms with Crippen molar-refractivity contribution >= 4 is 15.9 Å². The normalized spacial score (nSPS) is 12.8. The lowest BCUT2D eigenvalue weighted by molar-refractivity contribution is 0.693. The minimum Gasteiger partial charge on any atom is -0.0891 e. The Morgan fingerprint density at radius 3 is 2.71 bits per heavy atom. The van der Waals surface area contributed by atoms with Crippen molar-refractivity contribution in [3.8, 4) is 0 Å². The Morgan fingerprint density at radius 1 is 1.29 bits per heavy atom. The van der Waals surface area contributed by atoms with E-state index in [1.807, 2.05) is 0 Å². The van der Waals surface area contributed by atoms with E-state index in [1.165, 1.54) is 36.8 Å². The lowest BCUT2D eigenvalue weighted by Gasteiger charge is -2.08. The Labute approximate surface area is 95.9 Å².